The summed E-state index contributed by atoms with van der Waals surface area (Å²) in [6.45, 7) is 4.90. The van der Waals surface area contributed by atoms with Gasteiger partial charge in [0, 0.05) is 12.5 Å². The predicted molar refractivity (Wildman–Crippen MR) is 83.5 cm³/mol. The van der Waals surface area contributed by atoms with Gasteiger partial charge in [0.25, 0.3) is 0 Å². The van der Waals surface area contributed by atoms with Gasteiger partial charge in [0.1, 0.15) is 11.5 Å². The van der Waals surface area contributed by atoms with Crippen LogP contribution in [0.5, 0.6) is 5.75 Å². The molecule has 0 aliphatic heterocycles. The molecule has 22 heavy (non-hydrogen) atoms. The Morgan fingerprint density at radius 2 is 2.14 bits per heavy atom. The predicted octanol–water partition coefficient (Wildman–Crippen LogP) is 3.37. The molecule has 1 aromatic heterocycles. The van der Waals surface area contributed by atoms with Gasteiger partial charge >= 0.3 is 0 Å². The molecule has 0 radical (unpaired) electrons. The highest BCUT2D eigenvalue weighted by Gasteiger charge is 2.20. The quantitative estimate of drug-likeness (QED) is 0.873. The molecule has 7 heteroatoms. The Bertz CT molecular complexity index is 778. The summed E-state index contributed by atoms with van der Waals surface area (Å²) in [7, 11) is 1.30. The van der Waals surface area contributed by atoms with Crippen LogP contribution in [0.25, 0.3) is 17.5 Å². The standard InChI is InChI=1S/C15H13ClFN3O2/c1-4-8-12(7(2)21)19-15(20-14(8)18)9-5-6-10(16)13(22-3)11(9)17/h4-6H,1H2,2-3H3,(H2,18,19,20). The molecule has 1 aromatic carbocycles. The maximum absolute atomic E-state index is 14.4. The maximum Gasteiger partial charge on any atom is 0.178 e. The van der Waals surface area contributed by atoms with Crippen molar-refractivity contribution in [2.45, 2.75) is 6.92 Å². The number of ether oxygens (including phenoxy) is 1. The highest BCUT2D eigenvalue weighted by Crippen LogP contribution is 2.34. The molecule has 0 unspecified atom stereocenters. The van der Waals surface area contributed by atoms with Crippen LogP contribution in [0.15, 0.2) is 18.7 Å². The molecule has 114 valence electrons. The fourth-order valence-electron chi connectivity index (χ4n) is 1.97. The Hall–Kier alpha value is -2.47. The zero-order chi connectivity index (χ0) is 16.4. The van der Waals surface area contributed by atoms with Gasteiger partial charge in [-0.25, -0.2) is 14.4 Å². The second-order valence-corrected chi connectivity index (χ2v) is 4.80. The van der Waals surface area contributed by atoms with Gasteiger partial charge in [0.05, 0.1) is 17.7 Å². The molecule has 1 heterocycles. The van der Waals surface area contributed by atoms with Crippen LogP contribution in [0.1, 0.15) is 23.0 Å². The molecular formula is C15H13ClFN3O2. The van der Waals surface area contributed by atoms with Crippen LogP contribution >= 0.6 is 11.6 Å². The zero-order valence-electron chi connectivity index (χ0n) is 12.0. The number of anilines is 1. The molecule has 0 saturated carbocycles. The molecular weight excluding hydrogens is 309 g/mol. The van der Waals surface area contributed by atoms with Crippen LogP contribution in [0.3, 0.4) is 0 Å². The first kappa shape index (κ1) is 15.9. The van der Waals surface area contributed by atoms with Crippen LogP contribution in [-0.4, -0.2) is 22.9 Å². The average Bonchev–Trinajstić information content (AvgIpc) is 2.46. The van der Waals surface area contributed by atoms with Crippen molar-refractivity contribution in [3.05, 3.63) is 40.8 Å². The van der Waals surface area contributed by atoms with Crippen molar-refractivity contribution in [2.24, 2.45) is 0 Å². The van der Waals surface area contributed by atoms with Gasteiger partial charge in [-0.2, -0.15) is 0 Å². The van der Waals surface area contributed by atoms with E-state index >= 15 is 0 Å². The third kappa shape index (κ3) is 2.65. The SMILES string of the molecule is C=Cc1c(N)nc(-c2ccc(Cl)c(OC)c2F)nc1C(C)=O. The Labute approximate surface area is 131 Å². The summed E-state index contributed by atoms with van der Waals surface area (Å²) in [5.74, 6) is -1.17. The average molecular weight is 322 g/mol. The molecule has 2 rings (SSSR count). The number of carbonyl (C=O) groups is 1. The number of nitrogens with two attached hydrogens (primary N) is 1. The fourth-order valence-corrected chi connectivity index (χ4v) is 2.19. The summed E-state index contributed by atoms with van der Waals surface area (Å²) in [5.41, 5.74) is 6.23. The molecule has 5 nitrogen and oxygen atoms in total. The highest BCUT2D eigenvalue weighted by atomic mass is 35.5. The van der Waals surface area contributed by atoms with Crippen molar-refractivity contribution in [3.8, 4) is 17.1 Å². The van der Waals surface area contributed by atoms with Gasteiger partial charge in [0.15, 0.2) is 23.2 Å². The molecule has 0 bridgehead atoms. The van der Waals surface area contributed by atoms with Gasteiger partial charge in [-0.3, -0.25) is 4.79 Å². The molecule has 0 aliphatic carbocycles. The van der Waals surface area contributed by atoms with Crippen molar-refractivity contribution in [3.63, 3.8) is 0 Å². The van der Waals surface area contributed by atoms with Crippen molar-refractivity contribution >= 4 is 29.3 Å². The number of ketones is 1. The van der Waals surface area contributed by atoms with Crippen LogP contribution in [0.4, 0.5) is 10.2 Å². The lowest BCUT2D eigenvalue weighted by atomic mass is 10.1. The first-order chi connectivity index (χ1) is 10.4. The molecule has 0 aliphatic rings. The van der Waals surface area contributed by atoms with Gasteiger partial charge in [-0.05, 0) is 12.1 Å². The first-order valence-electron chi connectivity index (χ1n) is 6.24. The summed E-state index contributed by atoms with van der Waals surface area (Å²) in [6, 6.07) is 2.85. The number of rotatable bonds is 4. The van der Waals surface area contributed by atoms with E-state index in [9.17, 15) is 9.18 Å². The second-order valence-electron chi connectivity index (χ2n) is 4.40. The minimum Gasteiger partial charge on any atom is -0.492 e. The fraction of sp³-hybridized carbons (Fsp3) is 0.133. The maximum atomic E-state index is 14.4. The Kier molecular flexibility index (Phi) is 4.42. The van der Waals surface area contributed by atoms with E-state index in [0.717, 1.165) is 0 Å². The Morgan fingerprint density at radius 3 is 2.68 bits per heavy atom. The van der Waals surface area contributed by atoms with Gasteiger partial charge < -0.3 is 10.5 Å². The van der Waals surface area contributed by atoms with E-state index in [-0.39, 0.29) is 39.5 Å². The molecule has 0 saturated heterocycles. The first-order valence-corrected chi connectivity index (χ1v) is 6.61. The van der Waals surface area contributed by atoms with E-state index in [1.165, 1.54) is 32.2 Å². The van der Waals surface area contributed by atoms with Crippen molar-refractivity contribution in [2.75, 3.05) is 12.8 Å². The van der Waals surface area contributed by atoms with E-state index < -0.39 is 5.82 Å². The largest absolute Gasteiger partial charge is 0.492 e. The number of nitrogen functional groups attached to an aromatic ring is 1. The van der Waals surface area contributed by atoms with Crippen molar-refractivity contribution in [1.29, 1.82) is 0 Å². The van der Waals surface area contributed by atoms with E-state index in [1.807, 2.05) is 0 Å². The summed E-state index contributed by atoms with van der Waals surface area (Å²) in [6.07, 6.45) is 1.38. The Balaban J connectivity index is 2.74. The molecule has 0 atom stereocenters. The van der Waals surface area contributed by atoms with Gasteiger partial charge in [-0.15, -0.1) is 0 Å². The van der Waals surface area contributed by atoms with Crippen LogP contribution in [0, 0.1) is 5.82 Å². The van der Waals surface area contributed by atoms with Gasteiger partial charge in [-0.1, -0.05) is 24.3 Å². The number of halogens is 2. The number of carbonyl (C=O) groups excluding carboxylic acids is 1. The number of hydrogen-bond donors (Lipinski definition) is 1. The highest BCUT2D eigenvalue weighted by molar-refractivity contribution is 6.32. The van der Waals surface area contributed by atoms with E-state index in [0.29, 0.717) is 5.56 Å². The third-order valence-corrected chi connectivity index (χ3v) is 3.30. The van der Waals surface area contributed by atoms with E-state index in [2.05, 4.69) is 16.5 Å². The summed E-state index contributed by atoms with van der Waals surface area (Å²) in [5, 5.41) is 0.117. The van der Waals surface area contributed by atoms with E-state index in [4.69, 9.17) is 22.1 Å². The minimum absolute atomic E-state index is 0.0271. The molecule has 0 spiro atoms. The number of benzene rings is 1. The molecule has 0 amide bonds. The number of nitrogens with zero attached hydrogens (tertiary/aromatic N) is 2. The van der Waals surface area contributed by atoms with Crippen molar-refractivity contribution < 1.29 is 13.9 Å². The number of aromatic nitrogens is 2. The normalized spacial score (nSPS) is 10.4. The van der Waals surface area contributed by atoms with Crippen LogP contribution in [-0.2, 0) is 0 Å². The molecule has 0 fully saturated rings. The number of methoxy groups -OCH3 is 1. The lowest BCUT2D eigenvalue weighted by molar-refractivity contribution is 0.101. The van der Waals surface area contributed by atoms with Crippen molar-refractivity contribution in [1.82, 2.24) is 9.97 Å². The second kappa shape index (κ2) is 6.11. The third-order valence-electron chi connectivity index (χ3n) is 3.01. The van der Waals surface area contributed by atoms with Crippen LogP contribution in [0.2, 0.25) is 5.02 Å². The summed E-state index contributed by atoms with van der Waals surface area (Å²) in [4.78, 5) is 19.8. The van der Waals surface area contributed by atoms with Crippen LogP contribution < -0.4 is 10.5 Å². The summed E-state index contributed by atoms with van der Waals surface area (Å²) >= 11 is 5.85. The minimum atomic E-state index is -0.727. The zero-order valence-corrected chi connectivity index (χ0v) is 12.7. The topological polar surface area (TPSA) is 78.1 Å². The smallest absolute Gasteiger partial charge is 0.178 e. The molecule has 2 N–H and O–H groups in total. The number of Topliss-reactive ketones (excluding diaryl/α,β-unsaturated/α-hetero) is 1. The lowest BCUT2D eigenvalue weighted by Crippen LogP contribution is -2.09. The number of hydrogen-bond acceptors (Lipinski definition) is 5. The van der Waals surface area contributed by atoms with E-state index in [1.54, 1.807) is 0 Å². The lowest BCUT2D eigenvalue weighted by Gasteiger charge is -2.11. The van der Waals surface area contributed by atoms with Gasteiger partial charge in [0.2, 0.25) is 0 Å². The Morgan fingerprint density at radius 1 is 1.45 bits per heavy atom. The molecule has 2 aromatic rings. The monoisotopic (exact) mass is 321 g/mol. The summed E-state index contributed by atoms with van der Waals surface area (Å²) < 4.78 is 19.3.